The van der Waals surface area contributed by atoms with Gasteiger partial charge >= 0.3 is 0 Å². The second kappa shape index (κ2) is 14.1. The Bertz CT molecular complexity index is 1740. The molecule has 0 fully saturated rings. The normalized spacial score (nSPS) is 11.6. The summed E-state index contributed by atoms with van der Waals surface area (Å²) in [4.78, 5) is 19.8. The van der Waals surface area contributed by atoms with Crippen molar-refractivity contribution < 1.29 is 17.9 Å². The number of aliphatic imine (C=N–C) groups is 1. The van der Waals surface area contributed by atoms with E-state index in [2.05, 4.69) is 10.3 Å². The maximum atomic E-state index is 13.1. The molecule has 4 aromatic rings. The number of nitrogens with zero attached hydrogens (tertiary/aromatic N) is 2. The van der Waals surface area contributed by atoms with Crippen molar-refractivity contribution in [2.45, 2.75) is 18.2 Å². The van der Waals surface area contributed by atoms with E-state index in [-0.39, 0.29) is 23.2 Å². The van der Waals surface area contributed by atoms with Crippen LogP contribution in [0.5, 0.6) is 5.75 Å². The van der Waals surface area contributed by atoms with Gasteiger partial charge in [0.05, 0.1) is 18.6 Å². The number of anilines is 2. The lowest BCUT2D eigenvalue weighted by Gasteiger charge is -2.24. The number of nitrogens with two attached hydrogens (primary N) is 2. The molecule has 0 heterocycles. The van der Waals surface area contributed by atoms with Crippen molar-refractivity contribution >= 4 is 50.3 Å². The first-order valence-electron chi connectivity index (χ1n) is 13.5. The number of hydrogen-bond donors (Lipinski definition) is 3. The van der Waals surface area contributed by atoms with Crippen LogP contribution in [0.15, 0.2) is 107 Å². The lowest BCUT2D eigenvalue weighted by molar-refractivity contribution is -0.115. The van der Waals surface area contributed by atoms with E-state index < -0.39 is 10.0 Å². The maximum absolute atomic E-state index is 13.1. The molecule has 0 aliphatic heterocycles. The Morgan fingerprint density at radius 3 is 2.30 bits per heavy atom. The molecule has 11 heteroatoms. The Balaban J connectivity index is 1.46. The van der Waals surface area contributed by atoms with Crippen molar-refractivity contribution in [2.75, 3.05) is 30.4 Å². The molecule has 9 nitrogen and oxygen atoms in total. The minimum Gasteiger partial charge on any atom is -0.497 e. The lowest BCUT2D eigenvalue weighted by atomic mass is 10.1. The summed E-state index contributed by atoms with van der Waals surface area (Å²) in [6, 6.07) is 28.2. The molecule has 0 radical (unpaired) electrons. The molecule has 0 saturated carbocycles. The second-order valence-corrected chi connectivity index (χ2v) is 11.6. The van der Waals surface area contributed by atoms with Gasteiger partial charge < -0.3 is 20.7 Å². The fourth-order valence-corrected chi connectivity index (χ4v) is 5.46. The number of primary sulfonamides is 1. The molecule has 0 unspecified atom stereocenters. The summed E-state index contributed by atoms with van der Waals surface area (Å²) in [6.45, 7) is 2.78. The number of amides is 1. The fourth-order valence-electron chi connectivity index (χ4n) is 4.46. The number of carbonyl (C=O) groups is 1. The van der Waals surface area contributed by atoms with Crippen LogP contribution >= 0.6 is 12.2 Å². The van der Waals surface area contributed by atoms with Crippen LogP contribution in [0.4, 0.5) is 11.4 Å². The van der Waals surface area contributed by atoms with Gasteiger partial charge in [0.2, 0.25) is 15.9 Å². The number of rotatable bonds is 11. The van der Waals surface area contributed by atoms with E-state index in [4.69, 9.17) is 27.8 Å². The first kappa shape index (κ1) is 31.4. The number of thiocarbonyl (C=S) groups is 1. The van der Waals surface area contributed by atoms with E-state index in [1.54, 1.807) is 49.6 Å². The molecule has 0 spiro atoms. The average Bonchev–Trinajstić information content (AvgIpc) is 3.01. The van der Waals surface area contributed by atoms with Crippen LogP contribution in [0, 0.1) is 0 Å². The van der Waals surface area contributed by atoms with Gasteiger partial charge in [0, 0.05) is 34.6 Å². The van der Waals surface area contributed by atoms with Gasteiger partial charge in [0.25, 0.3) is 0 Å². The van der Waals surface area contributed by atoms with Crippen molar-refractivity contribution in [3.63, 3.8) is 0 Å². The van der Waals surface area contributed by atoms with Crippen LogP contribution in [0.3, 0.4) is 0 Å². The highest BCUT2D eigenvalue weighted by molar-refractivity contribution is 7.89. The predicted octanol–water partition coefficient (Wildman–Crippen LogP) is 4.95. The van der Waals surface area contributed by atoms with Crippen molar-refractivity contribution in [1.82, 2.24) is 0 Å². The Morgan fingerprint density at radius 2 is 1.65 bits per heavy atom. The highest BCUT2D eigenvalue weighted by atomic mass is 32.2. The van der Waals surface area contributed by atoms with E-state index in [0.29, 0.717) is 33.9 Å². The summed E-state index contributed by atoms with van der Waals surface area (Å²) in [7, 11) is -2.29. The molecule has 5 N–H and O–H groups in total. The Labute approximate surface area is 257 Å². The van der Waals surface area contributed by atoms with Crippen molar-refractivity contribution in [3.05, 3.63) is 108 Å². The fraction of sp³-hybridized carbons (Fsp3) is 0.156. The van der Waals surface area contributed by atoms with Gasteiger partial charge in [-0.3, -0.25) is 4.79 Å². The minimum absolute atomic E-state index is 0.0393. The Hall–Kier alpha value is -4.58. The third-order valence-electron chi connectivity index (χ3n) is 6.57. The Kier molecular flexibility index (Phi) is 10.3. The van der Waals surface area contributed by atoms with Crippen molar-refractivity contribution in [2.24, 2.45) is 15.9 Å². The monoisotopic (exact) mass is 615 g/mol. The molecule has 4 rings (SSSR count). The molecular formula is C32H33N5O4S2. The van der Waals surface area contributed by atoms with E-state index in [9.17, 15) is 13.2 Å². The number of sulfonamides is 1. The first-order chi connectivity index (χ1) is 20.6. The topological polar surface area (TPSA) is 140 Å². The third kappa shape index (κ3) is 8.25. The van der Waals surface area contributed by atoms with Gasteiger partial charge in [0.15, 0.2) is 0 Å². The molecule has 0 aliphatic carbocycles. The number of amidine groups is 1. The Morgan fingerprint density at radius 1 is 0.953 bits per heavy atom. The molecule has 0 aromatic heterocycles. The molecule has 0 aliphatic rings. The van der Waals surface area contributed by atoms with Crippen molar-refractivity contribution in [3.8, 4) is 16.9 Å². The van der Waals surface area contributed by atoms with Crippen LogP contribution in [-0.4, -0.2) is 45.3 Å². The molecule has 43 heavy (non-hydrogen) atoms. The van der Waals surface area contributed by atoms with Gasteiger partial charge in [-0.05, 0) is 66.6 Å². The van der Waals surface area contributed by atoms with Gasteiger partial charge in [0.1, 0.15) is 16.6 Å². The van der Waals surface area contributed by atoms with Crippen LogP contribution in [-0.2, 0) is 14.8 Å². The number of methoxy groups -OCH3 is 1. The lowest BCUT2D eigenvalue weighted by Crippen LogP contribution is -2.34. The SMILES string of the molecule is CCCN(CC(=O)Nc1ccc(-c2ccccc2S(N)(=O)=O)cc1)c1cccc(C(N)=NC(=S)c2ccc(OC)cc2)c1. The van der Waals surface area contributed by atoms with Gasteiger partial charge in [-0.15, -0.1) is 0 Å². The van der Waals surface area contributed by atoms with Crippen LogP contribution in [0.1, 0.15) is 24.5 Å². The zero-order valence-electron chi connectivity index (χ0n) is 23.9. The molecule has 4 aromatic carbocycles. The van der Waals surface area contributed by atoms with E-state index in [1.165, 1.54) is 6.07 Å². The molecule has 1 amide bonds. The molecule has 222 valence electrons. The predicted molar refractivity (Wildman–Crippen MR) is 176 cm³/mol. The smallest absolute Gasteiger partial charge is 0.243 e. The zero-order valence-corrected chi connectivity index (χ0v) is 25.5. The quantitative estimate of drug-likeness (QED) is 0.123. The minimum atomic E-state index is -3.89. The summed E-state index contributed by atoms with van der Waals surface area (Å²) >= 11 is 5.48. The van der Waals surface area contributed by atoms with Gasteiger partial charge in [-0.25, -0.2) is 18.5 Å². The summed E-state index contributed by atoms with van der Waals surface area (Å²) in [5.74, 6) is 0.783. The standard InChI is InChI=1S/C32H33N5O4S2/c1-3-19-37(26-8-6-7-24(20-26)31(33)36-32(42)23-13-17-27(41-2)18-14-23)21-30(38)35-25-15-11-22(12-16-25)28-9-4-5-10-29(28)43(34,39)40/h4-18,20H,3,19,21H2,1-2H3,(H,35,38)(H2,33,36,42)(H2,34,39,40). The molecule has 0 saturated heterocycles. The highest BCUT2D eigenvalue weighted by Gasteiger charge is 2.16. The van der Waals surface area contributed by atoms with Crippen LogP contribution in [0.25, 0.3) is 11.1 Å². The summed E-state index contributed by atoms with van der Waals surface area (Å²) in [5, 5.41) is 8.29. The van der Waals surface area contributed by atoms with Crippen LogP contribution < -0.4 is 25.8 Å². The number of carbonyl (C=O) groups excluding carboxylic acids is 1. The summed E-state index contributed by atoms with van der Waals surface area (Å²) < 4.78 is 29.2. The number of hydrogen-bond acceptors (Lipinski definition) is 6. The van der Waals surface area contributed by atoms with Crippen LogP contribution in [0.2, 0.25) is 0 Å². The van der Waals surface area contributed by atoms with Gasteiger partial charge in [-0.2, -0.15) is 0 Å². The molecule has 0 atom stereocenters. The largest absolute Gasteiger partial charge is 0.497 e. The first-order valence-corrected chi connectivity index (χ1v) is 15.4. The number of benzene rings is 4. The van der Waals surface area contributed by atoms with E-state index >= 15 is 0 Å². The zero-order chi connectivity index (χ0) is 31.0. The summed E-state index contributed by atoms with van der Waals surface area (Å²) in [6.07, 6.45) is 0.820. The van der Waals surface area contributed by atoms with Crippen molar-refractivity contribution in [1.29, 1.82) is 0 Å². The highest BCUT2D eigenvalue weighted by Crippen LogP contribution is 2.27. The second-order valence-electron chi connectivity index (χ2n) is 9.67. The third-order valence-corrected chi connectivity index (χ3v) is 7.86. The maximum Gasteiger partial charge on any atom is 0.243 e. The van der Waals surface area contributed by atoms with Gasteiger partial charge in [-0.1, -0.05) is 61.6 Å². The molecule has 0 bridgehead atoms. The molecular weight excluding hydrogens is 583 g/mol. The number of nitrogens with one attached hydrogen (secondary N) is 1. The number of ether oxygens (including phenoxy) is 1. The van der Waals surface area contributed by atoms with E-state index in [0.717, 1.165) is 23.4 Å². The summed E-state index contributed by atoms with van der Waals surface area (Å²) in [5.41, 5.74) is 10.3. The van der Waals surface area contributed by atoms with E-state index in [1.807, 2.05) is 60.4 Å². The average molecular weight is 616 g/mol.